The Kier molecular flexibility index (Phi) is 6.07. The summed E-state index contributed by atoms with van der Waals surface area (Å²) in [5.41, 5.74) is 0.449. The van der Waals surface area contributed by atoms with Gasteiger partial charge in [-0.25, -0.2) is 4.68 Å². The fourth-order valence-electron chi connectivity index (χ4n) is 2.99. The van der Waals surface area contributed by atoms with E-state index in [0.717, 1.165) is 4.68 Å². The molecular weight excluding hydrogens is 420 g/mol. The van der Waals surface area contributed by atoms with E-state index < -0.39 is 24.2 Å². The number of hydrogen-bond donors (Lipinski definition) is 2. The number of carbonyl (C=O) groups excluding carboxylic acids is 1. The summed E-state index contributed by atoms with van der Waals surface area (Å²) in [5.74, 6) is -0.477. The van der Waals surface area contributed by atoms with Crippen LogP contribution in [0.5, 0.6) is 0 Å². The Morgan fingerprint density at radius 2 is 2.11 bits per heavy atom. The van der Waals surface area contributed by atoms with Crippen molar-refractivity contribution in [1.82, 2.24) is 15.1 Å². The molecule has 0 radical (unpaired) electrons. The van der Waals surface area contributed by atoms with Gasteiger partial charge in [-0.1, -0.05) is 29.3 Å². The lowest BCUT2D eigenvalue weighted by molar-refractivity contribution is -0.173. The molecule has 1 aliphatic rings. The van der Waals surface area contributed by atoms with Crippen molar-refractivity contribution in [2.75, 3.05) is 25.6 Å². The number of rotatable bonds is 5. The quantitative estimate of drug-likeness (QED) is 0.688. The van der Waals surface area contributed by atoms with Crippen LogP contribution in [0.25, 0.3) is 0 Å². The van der Waals surface area contributed by atoms with E-state index in [1.807, 2.05) is 0 Å². The van der Waals surface area contributed by atoms with Crippen LogP contribution >= 0.6 is 23.2 Å². The van der Waals surface area contributed by atoms with Gasteiger partial charge >= 0.3 is 6.18 Å². The predicted molar refractivity (Wildman–Crippen MR) is 99.0 cm³/mol. The van der Waals surface area contributed by atoms with Gasteiger partial charge in [0.15, 0.2) is 11.7 Å². The highest BCUT2D eigenvalue weighted by atomic mass is 35.5. The molecule has 2 heterocycles. The molecule has 0 aliphatic carbocycles. The molecular formula is C17H17Cl2F3N4O2. The molecule has 0 bridgehead atoms. The highest BCUT2D eigenvalue weighted by molar-refractivity contribution is 6.42. The number of fused-ring (bicyclic) bond motifs is 1. The topological polar surface area (TPSA) is 68.2 Å². The summed E-state index contributed by atoms with van der Waals surface area (Å²) < 4.78 is 46.6. The van der Waals surface area contributed by atoms with E-state index in [9.17, 15) is 18.0 Å². The number of ether oxygens (including phenoxy) is 1. The van der Waals surface area contributed by atoms with Crippen LogP contribution in [0.4, 0.5) is 19.0 Å². The third-order valence-electron chi connectivity index (χ3n) is 4.36. The molecule has 2 N–H and O–H groups in total. The Morgan fingerprint density at radius 3 is 2.75 bits per heavy atom. The summed E-state index contributed by atoms with van der Waals surface area (Å²) in [6, 6.07) is 3.41. The van der Waals surface area contributed by atoms with E-state index >= 15 is 0 Å². The van der Waals surface area contributed by atoms with Crippen LogP contribution in [0, 0.1) is 0 Å². The first-order valence-corrected chi connectivity index (χ1v) is 9.11. The minimum Gasteiger partial charge on any atom is -0.383 e. The van der Waals surface area contributed by atoms with Crippen LogP contribution in [-0.2, 0) is 4.74 Å². The summed E-state index contributed by atoms with van der Waals surface area (Å²) in [6.07, 6.45) is -4.85. The zero-order valence-electron chi connectivity index (χ0n) is 14.7. The van der Waals surface area contributed by atoms with Crippen LogP contribution in [0.3, 0.4) is 0 Å². The Balaban J connectivity index is 1.91. The van der Waals surface area contributed by atoms with Crippen LogP contribution in [0.15, 0.2) is 24.3 Å². The number of amides is 1. The second-order valence-corrected chi connectivity index (χ2v) is 7.09. The molecule has 0 saturated heterocycles. The molecule has 0 unspecified atom stereocenters. The lowest BCUT2D eigenvalue weighted by atomic mass is 9.97. The van der Waals surface area contributed by atoms with Gasteiger partial charge in [0.1, 0.15) is 5.82 Å². The molecule has 11 heteroatoms. The lowest BCUT2D eigenvalue weighted by Gasteiger charge is -2.33. The fourth-order valence-corrected chi connectivity index (χ4v) is 3.30. The Hall–Kier alpha value is -1.97. The van der Waals surface area contributed by atoms with Crippen molar-refractivity contribution in [3.8, 4) is 0 Å². The number of nitrogens with zero attached hydrogens (tertiary/aromatic N) is 2. The van der Waals surface area contributed by atoms with Crippen molar-refractivity contribution in [2.45, 2.75) is 24.7 Å². The predicted octanol–water partition coefficient (Wildman–Crippen LogP) is 4.23. The minimum atomic E-state index is -4.54. The maximum atomic E-state index is 13.7. The van der Waals surface area contributed by atoms with Crippen molar-refractivity contribution in [1.29, 1.82) is 0 Å². The summed E-state index contributed by atoms with van der Waals surface area (Å²) in [7, 11) is 1.47. The smallest absolute Gasteiger partial charge is 0.383 e. The molecule has 2 atom stereocenters. The van der Waals surface area contributed by atoms with Gasteiger partial charge in [-0.05, 0) is 17.7 Å². The van der Waals surface area contributed by atoms with Gasteiger partial charge in [-0.2, -0.15) is 18.3 Å². The second kappa shape index (κ2) is 8.18. The Bertz CT molecular complexity index is 873. The molecule has 0 spiro atoms. The van der Waals surface area contributed by atoms with Crippen LogP contribution in [-0.4, -0.2) is 42.1 Å². The Labute approximate surface area is 168 Å². The van der Waals surface area contributed by atoms with Crippen LogP contribution in [0.2, 0.25) is 10.0 Å². The molecule has 0 saturated carbocycles. The third-order valence-corrected chi connectivity index (χ3v) is 5.10. The SMILES string of the molecule is COCCNC(=O)c1cc2n(n1)[C@@H](C(F)(F)F)C[C@@H](c1ccc(Cl)c(Cl)c1)N2. The summed E-state index contributed by atoms with van der Waals surface area (Å²) in [5, 5.41) is 9.97. The van der Waals surface area contributed by atoms with Gasteiger partial charge in [-0.15, -0.1) is 0 Å². The number of benzene rings is 1. The van der Waals surface area contributed by atoms with Crippen molar-refractivity contribution < 1.29 is 22.7 Å². The van der Waals surface area contributed by atoms with Gasteiger partial charge < -0.3 is 15.4 Å². The van der Waals surface area contributed by atoms with Gasteiger partial charge in [0.05, 0.1) is 22.7 Å². The van der Waals surface area contributed by atoms with Crippen molar-refractivity contribution in [2.24, 2.45) is 0 Å². The first kappa shape index (κ1) is 20.8. The first-order valence-electron chi connectivity index (χ1n) is 8.35. The van der Waals surface area contributed by atoms with E-state index in [1.165, 1.54) is 25.3 Å². The molecule has 2 aromatic rings. The van der Waals surface area contributed by atoms with E-state index in [1.54, 1.807) is 6.07 Å². The molecule has 1 aromatic heterocycles. The Morgan fingerprint density at radius 1 is 1.36 bits per heavy atom. The van der Waals surface area contributed by atoms with E-state index in [0.29, 0.717) is 10.6 Å². The van der Waals surface area contributed by atoms with Gasteiger partial charge in [0.2, 0.25) is 0 Å². The number of methoxy groups -OCH3 is 1. The van der Waals surface area contributed by atoms with E-state index in [-0.39, 0.29) is 36.1 Å². The van der Waals surface area contributed by atoms with Crippen molar-refractivity contribution in [3.63, 3.8) is 0 Å². The van der Waals surface area contributed by atoms with Crippen LogP contribution < -0.4 is 10.6 Å². The lowest BCUT2D eigenvalue weighted by Crippen LogP contribution is -2.36. The number of halogens is 5. The fraction of sp³-hybridized carbons (Fsp3) is 0.412. The van der Waals surface area contributed by atoms with Crippen molar-refractivity contribution >= 4 is 34.9 Å². The summed E-state index contributed by atoms with van der Waals surface area (Å²) in [6.45, 7) is 0.502. The second-order valence-electron chi connectivity index (χ2n) is 6.27. The molecule has 3 rings (SSSR count). The van der Waals surface area contributed by atoms with Crippen LogP contribution in [0.1, 0.15) is 34.6 Å². The molecule has 1 aromatic carbocycles. The number of aromatic nitrogens is 2. The monoisotopic (exact) mass is 436 g/mol. The normalized spacial score (nSPS) is 19.1. The number of nitrogens with one attached hydrogen (secondary N) is 2. The minimum absolute atomic E-state index is 0.0986. The number of anilines is 1. The summed E-state index contributed by atoms with van der Waals surface area (Å²) in [4.78, 5) is 12.1. The van der Waals surface area contributed by atoms with Gasteiger partial charge in [0, 0.05) is 26.1 Å². The highest BCUT2D eigenvalue weighted by Gasteiger charge is 2.46. The number of alkyl halides is 3. The molecule has 1 amide bonds. The molecule has 28 heavy (non-hydrogen) atoms. The average Bonchev–Trinajstić information content (AvgIpc) is 3.06. The zero-order valence-corrected chi connectivity index (χ0v) is 16.2. The van der Waals surface area contributed by atoms with Gasteiger partial charge in [-0.3, -0.25) is 4.79 Å². The maximum Gasteiger partial charge on any atom is 0.410 e. The highest BCUT2D eigenvalue weighted by Crippen LogP contribution is 2.44. The molecule has 152 valence electrons. The maximum absolute atomic E-state index is 13.7. The molecule has 1 aliphatic heterocycles. The zero-order chi connectivity index (χ0) is 20.5. The van der Waals surface area contributed by atoms with Crippen molar-refractivity contribution in [3.05, 3.63) is 45.6 Å². The van der Waals surface area contributed by atoms with E-state index in [2.05, 4.69) is 15.7 Å². The largest absolute Gasteiger partial charge is 0.410 e. The third kappa shape index (κ3) is 4.37. The molecule has 6 nitrogen and oxygen atoms in total. The summed E-state index contributed by atoms with van der Waals surface area (Å²) >= 11 is 11.9. The van der Waals surface area contributed by atoms with E-state index in [4.69, 9.17) is 27.9 Å². The average molecular weight is 437 g/mol. The number of carbonyl (C=O) groups is 1. The van der Waals surface area contributed by atoms with Gasteiger partial charge in [0.25, 0.3) is 5.91 Å². The standard InChI is InChI=1S/C17H17Cl2F3N4O2/c1-28-5-4-23-16(27)13-8-15-24-12(9-2-3-10(18)11(19)6-9)7-14(17(20,21)22)26(15)25-13/h2-3,6,8,12,14,24H,4-5,7H2,1H3,(H,23,27)/t12-,14+/m0/s1. The number of hydrogen-bond acceptors (Lipinski definition) is 4. The first-order chi connectivity index (χ1) is 13.2. The molecule has 0 fully saturated rings.